The number of carbonyl (C=O) groups is 3. The molecule has 0 saturated carbocycles. The number of aryl methyl sites for hydroxylation is 1. The summed E-state index contributed by atoms with van der Waals surface area (Å²) in [6.45, 7) is 19.1. The van der Waals surface area contributed by atoms with Gasteiger partial charge in [0.2, 0.25) is 0 Å². The maximum absolute atomic E-state index is 11.7. The van der Waals surface area contributed by atoms with Gasteiger partial charge >= 0.3 is 0 Å². The zero-order chi connectivity index (χ0) is 26.6. The lowest BCUT2D eigenvalue weighted by molar-refractivity contribution is -0.126. The van der Waals surface area contributed by atoms with Crippen molar-refractivity contribution in [1.82, 2.24) is 0 Å². The van der Waals surface area contributed by atoms with Crippen LogP contribution in [0.1, 0.15) is 98.0 Å². The molecule has 34 heavy (non-hydrogen) atoms. The van der Waals surface area contributed by atoms with E-state index < -0.39 is 0 Å². The topological polar surface area (TPSA) is 51.2 Å². The van der Waals surface area contributed by atoms with E-state index in [1.165, 1.54) is 5.56 Å². The number of Topliss-reactive ketones (excluding diaryl/α,β-unsaturated/α-hetero) is 3. The molecule has 0 spiro atoms. The van der Waals surface area contributed by atoms with Crippen molar-refractivity contribution < 1.29 is 14.4 Å². The Labute approximate surface area is 208 Å². The van der Waals surface area contributed by atoms with Crippen molar-refractivity contribution in [3.05, 3.63) is 71.8 Å². The lowest BCUT2D eigenvalue weighted by atomic mass is 9.87. The molecule has 3 heteroatoms. The molecule has 0 N–H and O–H groups in total. The molecule has 0 bridgehead atoms. The molecule has 188 valence electrons. The molecule has 0 amide bonds. The molecule has 0 fully saturated rings. The van der Waals surface area contributed by atoms with E-state index in [0.29, 0.717) is 12.2 Å². The molecule has 0 unspecified atom stereocenters. The van der Waals surface area contributed by atoms with Gasteiger partial charge in [0.15, 0.2) is 5.78 Å². The molecular weight excluding hydrogens is 420 g/mol. The van der Waals surface area contributed by atoms with Crippen LogP contribution in [0.4, 0.5) is 0 Å². The highest BCUT2D eigenvalue weighted by atomic mass is 16.1. The van der Waals surface area contributed by atoms with Gasteiger partial charge in [0.05, 0.1) is 0 Å². The van der Waals surface area contributed by atoms with Crippen LogP contribution in [-0.2, 0) is 16.0 Å². The van der Waals surface area contributed by atoms with Gasteiger partial charge in [-0.2, -0.15) is 0 Å². The first kappa shape index (κ1) is 31.4. The highest BCUT2D eigenvalue weighted by molar-refractivity contribution is 5.99. The second kappa shape index (κ2) is 14.0. The van der Waals surface area contributed by atoms with Crippen LogP contribution in [0.3, 0.4) is 0 Å². The molecule has 3 nitrogen and oxygen atoms in total. The average Bonchev–Trinajstić information content (AvgIpc) is 2.73. The molecule has 0 aliphatic rings. The minimum Gasteiger partial charge on any atom is -0.299 e. The maximum Gasteiger partial charge on any atom is 0.168 e. The summed E-state index contributed by atoms with van der Waals surface area (Å²) in [6.07, 6.45) is 2.65. The predicted molar refractivity (Wildman–Crippen MR) is 144 cm³/mol. The number of hydrogen-bond acceptors (Lipinski definition) is 3. The minimum atomic E-state index is -0.276. The van der Waals surface area contributed by atoms with E-state index in [1.54, 1.807) is 6.92 Å². The number of rotatable bonds is 5. The van der Waals surface area contributed by atoms with Crippen LogP contribution in [0.15, 0.2) is 60.7 Å². The van der Waals surface area contributed by atoms with Gasteiger partial charge in [0.25, 0.3) is 0 Å². The van der Waals surface area contributed by atoms with Crippen LogP contribution < -0.4 is 0 Å². The van der Waals surface area contributed by atoms with Gasteiger partial charge < -0.3 is 0 Å². The van der Waals surface area contributed by atoms with Gasteiger partial charge in [0.1, 0.15) is 11.6 Å². The number of hydrogen-bond donors (Lipinski definition) is 0. The van der Waals surface area contributed by atoms with Crippen molar-refractivity contribution in [3.8, 4) is 0 Å². The summed E-state index contributed by atoms with van der Waals surface area (Å²) in [6, 6.07) is 19.7. The molecule has 0 aromatic heterocycles. The van der Waals surface area contributed by atoms with E-state index in [9.17, 15) is 14.4 Å². The smallest absolute Gasteiger partial charge is 0.168 e. The molecule has 2 aromatic rings. The van der Waals surface area contributed by atoms with Crippen molar-refractivity contribution >= 4 is 17.3 Å². The maximum atomic E-state index is 11.7. The van der Waals surface area contributed by atoms with Crippen molar-refractivity contribution in [3.63, 3.8) is 0 Å². The van der Waals surface area contributed by atoms with E-state index in [2.05, 4.69) is 12.1 Å². The molecule has 0 aliphatic carbocycles. The zero-order valence-electron chi connectivity index (χ0n) is 23.1. The number of ketones is 3. The van der Waals surface area contributed by atoms with E-state index in [4.69, 9.17) is 0 Å². The van der Waals surface area contributed by atoms with Gasteiger partial charge in [-0.1, -0.05) is 123 Å². The zero-order valence-corrected chi connectivity index (χ0v) is 23.1. The van der Waals surface area contributed by atoms with Gasteiger partial charge in [-0.05, 0) is 25.3 Å². The quantitative estimate of drug-likeness (QED) is 0.418. The first-order valence-corrected chi connectivity index (χ1v) is 12.1. The first-order chi connectivity index (χ1) is 15.5. The normalized spacial score (nSPS) is 11.4. The van der Waals surface area contributed by atoms with Gasteiger partial charge in [-0.15, -0.1) is 0 Å². The highest BCUT2D eigenvalue weighted by Crippen LogP contribution is 2.20. The van der Waals surface area contributed by atoms with Crippen LogP contribution in [-0.4, -0.2) is 17.3 Å². The third-order valence-corrected chi connectivity index (χ3v) is 5.32. The Morgan fingerprint density at radius 2 is 1.03 bits per heavy atom. The lowest BCUT2D eigenvalue weighted by Crippen LogP contribution is -2.19. The van der Waals surface area contributed by atoms with E-state index in [-0.39, 0.29) is 27.8 Å². The van der Waals surface area contributed by atoms with Crippen molar-refractivity contribution in [2.24, 2.45) is 16.2 Å². The Morgan fingerprint density at radius 3 is 1.38 bits per heavy atom. The van der Waals surface area contributed by atoms with E-state index in [0.717, 1.165) is 18.4 Å². The van der Waals surface area contributed by atoms with Crippen molar-refractivity contribution in [2.45, 2.75) is 88.5 Å². The Morgan fingerprint density at radius 1 is 0.618 bits per heavy atom. The second-order valence-electron chi connectivity index (χ2n) is 11.8. The molecule has 0 radical (unpaired) electrons. The Hall–Kier alpha value is -2.55. The monoisotopic (exact) mass is 466 g/mol. The minimum absolute atomic E-state index is 0.139. The standard InChI is InChI=1S/C14H20O.C11H14O.C6H12O/c1-14(2,3)13(15)11-7-10-12-8-5-4-6-9-12;1-11(2,3)10(12)9-7-5-4-6-8-9;1-5(7)6(2,3)4/h4-6,8-9H,7,10-11H2,1-3H3;4-8H,1-3H3;1-4H3. The Bertz CT molecular complexity index is 874. The summed E-state index contributed by atoms with van der Waals surface area (Å²) < 4.78 is 0. The summed E-state index contributed by atoms with van der Waals surface area (Å²) in [5.41, 5.74) is 1.52. The Balaban J connectivity index is 0.000000514. The Kier molecular flexibility index (Phi) is 12.9. The fourth-order valence-corrected chi connectivity index (χ4v) is 2.50. The summed E-state index contributed by atoms with van der Waals surface area (Å²) in [4.78, 5) is 33.8. The molecule has 0 saturated heterocycles. The van der Waals surface area contributed by atoms with E-state index in [1.807, 2.05) is 111 Å². The molecule has 0 atom stereocenters. The second-order valence-corrected chi connectivity index (χ2v) is 11.8. The van der Waals surface area contributed by atoms with Crippen LogP contribution >= 0.6 is 0 Å². The van der Waals surface area contributed by atoms with Gasteiger partial charge in [-0.25, -0.2) is 0 Å². The van der Waals surface area contributed by atoms with Crippen LogP contribution in [0, 0.1) is 16.2 Å². The summed E-state index contributed by atoms with van der Waals surface area (Å²) >= 11 is 0. The van der Waals surface area contributed by atoms with Crippen LogP contribution in [0.2, 0.25) is 0 Å². The number of carbonyl (C=O) groups excluding carboxylic acids is 3. The van der Waals surface area contributed by atoms with Crippen molar-refractivity contribution in [2.75, 3.05) is 0 Å². The largest absolute Gasteiger partial charge is 0.299 e. The summed E-state index contributed by atoms with van der Waals surface area (Å²) in [5.74, 6) is 0.800. The number of benzene rings is 2. The van der Waals surface area contributed by atoms with Gasteiger partial charge in [-0.3, -0.25) is 14.4 Å². The van der Waals surface area contributed by atoms with Crippen LogP contribution in [0.25, 0.3) is 0 Å². The van der Waals surface area contributed by atoms with E-state index >= 15 is 0 Å². The molecular formula is C31H46O3. The van der Waals surface area contributed by atoms with Crippen LogP contribution in [0.5, 0.6) is 0 Å². The first-order valence-electron chi connectivity index (χ1n) is 12.1. The third-order valence-electron chi connectivity index (χ3n) is 5.32. The summed E-state index contributed by atoms with van der Waals surface area (Å²) in [5, 5.41) is 0. The fourth-order valence-electron chi connectivity index (χ4n) is 2.50. The predicted octanol–water partition coefficient (Wildman–Crippen LogP) is 8.16. The average molecular weight is 467 g/mol. The molecule has 2 aromatic carbocycles. The highest BCUT2D eigenvalue weighted by Gasteiger charge is 2.22. The summed E-state index contributed by atoms with van der Waals surface area (Å²) in [7, 11) is 0. The lowest BCUT2D eigenvalue weighted by Gasteiger charge is -2.16. The van der Waals surface area contributed by atoms with Crippen molar-refractivity contribution in [1.29, 1.82) is 0 Å². The molecule has 0 aliphatic heterocycles. The van der Waals surface area contributed by atoms with Gasteiger partial charge in [0, 0.05) is 28.2 Å². The molecule has 0 heterocycles. The third kappa shape index (κ3) is 13.9. The SMILES string of the molecule is CC(=O)C(C)(C)C.CC(C)(C)C(=O)CCCc1ccccc1.CC(C)(C)C(=O)c1ccccc1. The fraction of sp³-hybridized carbons (Fsp3) is 0.516. The molecule has 2 rings (SSSR count).